The van der Waals surface area contributed by atoms with Gasteiger partial charge in [-0.25, -0.2) is 8.42 Å². The number of hydrogen-bond acceptors (Lipinski definition) is 5. The molecule has 5 nitrogen and oxygen atoms in total. The van der Waals surface area contributed by atoms with E-state index in [1.807, 2.05) is 6.26 Å². The molecule has 1 heterocycles. The van der Waals surface area contributed by atoms with Gasteiger partial charge in [-0.3, -0.25) is 4.79 Å². The van der Waals surface area contributed by atoms with Crippen LogP contribution >= 0.6 is 11.8 Å². The number of halogens is 3. The maximum absolute atomic E-state index is 13.2. The molecule has 3 atom stereocenters. The Kier molecular flexibility index (Phi) is 7.87. The molecule has 4 rings (SSSR count). The number of nitrogens with zero attached hydrogens (tertiary/aromatic N) is 1. The Hall–Kier alpha value is -2.30. The van der Waals surface area contributed by atoms with Crippen LogP contribution in [0, 0.1) is 5.92 Å². The van der Waals surface area contributed by atoms with E-state index in [9.17, 15) is 26.4 Å². The van der Waals surface area contributed by atoms with Gasteiger partial charge in [0.25, 0.3) is 0 Å². The summed E-state index contributed by atoms with van der Waals surface area (Å²) in [7, 11) is -3.59. The van der Waals surface area contributed by atoms with Crippen LogP contribution in [-0.4, -0.2) is 49.9 Å². The summed E-state index contributed by atoms with van der Waals surface area (Å²) in [5, 5.41) is 0. The van der Waals surface area contributed by atoms with Crippen LogP contribution < -0.4 is 5.73 Å². The van der Waals surface area contributed by atoms with Crippen molar-refractivity contribution in [2.75, 3.05) is 18.6 Å². The molecule has 2 aliphatic rings. The molecule has 0 unspecified atom stereocenters. The molecule has 1 amide bonds. The number of benzene rings is 2. The summed E-state index contributed by atoms with van der Waals surface area (Å²) in [6.45, 7) is 0.319. The van der Waals surface area contributed by atoms with Crippen molar-refractivity contribution in [3.63, 3.8) is 0 Å². The van der Waals surface area contributed by atoms with Crippen molar-refractivity contribution >= 4 is 33.1 Å². The number of rotatable bonds is 6. The van der Waals surface area contributed by atoms with Crippen molar-refractivity contribution in [2.24, 2.45) is 11.7 Å². The van der Waals surface area contributed by atoms with Gasteiger partial charge >= 0.3 is 6.18 Å². The van der Waals surface area contributed by atoms with Crippen LogP contribution in [0.15, 0.2) is 64.4 Å². The van der Waals surface area contributed by atoms with Gasteiger partial charge in [0.15, 0.2) is 9.84 Å². The molecule has 1 aliphatic heterocycles. The molecule has 36 heavy (non-hydrogen) atoms. The minimum Gasteiger partial charge on any atom is -0.336 e. The molecule has 2 aromatic rings. The third-order valence-corrected chi connectivity index (χ3v) is 9.60. The minimum absolute atomic E-state index is 0.113. The smallest absolute Gasteiger partial charge is 0.336 e. The fourth-order valence-electron chi connectivity index (χ4n) is 5.14. The van der Waals surface area contributed by atoms with E-state index in [0.717, 1.165) is 17.0 Å². The zero-order valence-corrected chi connectivity index (χ0v) is 21.5. The highest BCUT2D eigenvalue weighted by Crippen LogP contribution is 2.36. The largest absolute Gasteiger partial charge is 0.416 e. The van der Waals surface area contributed by atoms with Gasteiger partial charge in [-0.1, -0.05) is 12.1 Å². The van der Waals surface area contributed by atoms with Gasteiger partial charge < -0.3 is 10.6 Å². The summed E-state index contributed by atoms with van der Waals surface area (Å²) < 4.78 is 65.8. The molecule has 0 radical (unpaired) electrons. The number of thioether (sulfide) groups is 1. The first-order chi connectivity index (χ1) is 17.0. The summed E-state index contributed by atoms with van der Waals surface area (Å²) in [5.74, 6) is -0.745. The zero-order chi connectivity index (χ0) is 26.1. The Morgan fingerprint density at radius 1 is 1.11 bits per heavy atom. The fraction of sp³-hybridized carbons (Fsp3) is 0.423. The van der Waals surface area contributed by atoms with Crippen molar-refractivity contribution < 1.29 is 26.4 Å². The van der Waals surface area contributed by atoms with Crippen molar-refractivity contribution in [1.29, 1.82) is 0 Å². The predicted molar refractivity (Wildman–Crippen MR) is 135 cm³/mol. The lowest BCUT2D eigenvalue weighted by Gasteiger charge is -2.43. The number of sulfone groups is 1. The van der Waals surface area contributed by atoms with Gasteiger partial charge in [-0.15, -0.1) is 11.8 Å². The van der Waals surface area contributed by atoms with Crippen LogP contribution in [-0.2, 0) is 20.8 Å². The van der Waals surface area contributed by atoms with E-state index in [1.165, 1.54) is 23.9 Å². The number of hydrogen-bond donors (Lipinski definition) is 1. The van der Waals surface area contributed by atoms with Crippen molar-refractivity contribution in [2.45, 2.75) is 53.7 Å². The topological polar surface area (TPSA) is 80.5 Å². The second-order valence-corrected chi connectivity index (χ2v) is 12.3. The Bertz CT molecular complexity index is 1240. The van der Waals surface area contributed by atoms with E-state index in [-0.39, 0.29) is 34.6 Å². The first-order valence-corrected chi connectivity index (χ1v) is 14.7. The maximum Gasteiger partial charge on any atom is 0.416 e. The number of alkyl halides is 3. The van der Waals surface area contributed by atoms with Crippen molar-refractivity contribution in [1.82, 2.24) is 4.90 Å². The van der Waals surface area contributed by atoms with Gasteiger partial charge in [0.2, 0.25) is 5.91 Å². The third-order valence-electron chi connectivity index (χ3n) is 7.00. The fourth-order valence-corrected chi connectivity index (χ4v) is 7.22. The second-order valence-electron chi connectivity index (χ2n) is 9.39. The molecular formula is C26H29F3N2O3S2. The number of carbonyl (C=O) groups excluding carboxylic acids is 1. The molecule has 1 fully saturated rings. The summed E-state index contributed by atoms with van der Waals surface area (Å²) in [6.07, 6.45) is 0.992. The normalized spacial score (nSPS) is 23.5. The average Bonchev–Trinajstić information content (AvgIpc) is 2.84. The molecular weight excluding hydrogens is 509 g/mol. The molecule has 0 aromatic heterocycles. The third kappa shape index (κ3) is 5.98. The van der Waals surface area contributed by atoms with E-state index in [1.54, 1.807) is 35.2 Å². The lowest BCUT2D eigenvalue weighted by atomic mass is 9.81. The molecule has 2 N–H and O–H groups in total. The quantitative estimate of drug-likeness (QED) is 0.523. The first kappa shape index (κ1) is 26.8. The van der Waals surface area contributed by atoms with Gasteiger partial charge in [0.05, 0.1) is 16.2 Å². The lowest BCUT2D eigenvalue weighted by Crippen LogP contribution is -2.51. The van der Waals surface area contributed by atoms with Crippen LogP contribution in [0.25, 0.3) is 5.57 Å². The summed E-state index contributed by atoms with van der Waals surface area (Å²) in [6, 6.07) is 11.3. The predicted octanol–water partition coefficient (Wildman–Crippen LogP) is 5.01. The van der Waals surface area contributed by atoms with Crippen LogP contribution in [0.1, 0.15) is 36.8 Å². The van der Waals surface area contributed by atoms with Crippen molar-refractivity contribution in [3.8, 4) is 0 Å². The standard InChI is InChI=1S/C26H29F3N2O3S2/c1-35-22-6-8-23(9-7-22)36(33,34)16-19-14-21(30)5-10-24(19)31-12-11-18(15-25(31)32)17-3-2-4-20(13-17)26(27,28)29/h2-4,6-9,13,15,19,21,24H,5,10-12,14,16,30H2,1H3/t19-,21+,24+/m1/s1. The summed E-state index contributed by atoms with van der Waals surface area (Å²) in [4.78, 5) is 16.0. The Balaban J connectivity index is 1.54. The van der Waals surface area contributed by atoms with E-state index in [4.69, 9.17) is 5.73 Å². The number of carbonyl (C=O) groups is 1. The van der Waals surface area contributed by atoms with Gasteiger partial charge in [0, 0.05) is 29.6 Å². The molecule has 0 bridgehead atoms. The van der Waals surface area contributed by atoms with Gasteiger partial charge in [-0.05, 0) is 85.4 Å². The summed E-state index contributed by atoms with van der Waals surface area (Å²) in [5.41, 5.74) is 6.35. The number of nitrogens with two attached hydrogens (primary N) is 1. The van der Waals surface area contributed by atoms with Crippen LogP contribution in [0.4, 0.5) is 13.2 Å². The maximum atomic E-state index is 13.2. The SMILES string of the molecule is CSc1ccc(S(=O)(=O)C[C@H]2C[C@@H](N)CC[C@@H]2N2CCC(c3cccc(C(F)(F)F)c3)=CC2=O)cc1. The summed E-state index contributed by atoms with van der Waals surface area (Å²) >= 11 is 1.53. The zero-order valence-electron chi connectivity index (χ0n) is 19.9. The highest BCUT2D eigenvalue weighted by Gasteiger charge is 2.39. The molecule has 1 aliphatic carbocycles. The molecule has 0 saturated heterocycles. The molecule has 194 valence electrons. The highest BCUT2D eigenvalue weighted by atomic mass is 32.2. The molecule has 1 saturated carbocycles. The molecule has 2 aromatic carbocycles. The van der Waals surface area contributed by atoms with E-state index in [2.05, 4.69) is 0 Å². The first-order valence-electron chi connectivity index (χ1n) is 11.8. The Labute approximate surface area is 213 Å². The Morgan fingerprint density at radius 2 is 1.83 bits per heavy atom. The van der Waals surface area contributed by atoms with Crippen LogP contribution in [0.2, 0.25) is 0 Å². The highest BCUT2D eigenvalue weighted by molar-refractivity contribution is 7.98. The second kappa shape index (κ2) is 10.6. The van der Waals surface area contributed by atoms with E-state index in [0.29, 0.717) is 43.4 Å². The lowest BCUT2D eigenvalue weighted by molar-refractivity contribution is -0.137. The minimum atomic E-state index is -4.46. The number of amides is 1. The molecule has 0 spiro atoms. The van der Waals surface area contributed by atoms with E-state index < -0.39 is 21.6 Å². The average molecular weight is 539 g/mol. The van der Waals surface area contributed by atoms with E-state index >= 15 is 0 Å². The Morgan fingerprint density at radius 3 is 2.47 bits per heavy atom. The van der Waals surface area contributed by atoms with Crippen LogP contribution in [0.5, 0.6) is 0 Å². The monoisotopic (exact) mass is 538 g/mol. The van der Waals surface area contributed by atoms with Crippen LogP contribution in [0.3, 0.4) is 0 Å². The molecule has 10 heteroatoms. The van der Waals surface area contributed by atoms with Crippen molar-refractivity contribution in [3.05, 3.63) is 65.7 Å². The van der Waals surface area contributed by atoms with Gasteiger partial charge in [-0.2, -0.15) is 13.2 Å². The van der Waals surface area contributed by atoms with Gasteiger partial charge in [0.1, 0.15) is 0 Å².